The highest BCUT2D eigenvalue weighted by molar-refractivity contribution is 5.05. The summed E-state index contributed by atoms with van der Waals surface area (Å²) in [6.07, 6.45) is 2.53. The summed E-state index contributed by atoms with van der Waals surface area (Å²) in [5.41, 5.74) is 0. The van der Waals surface area contributed by atoms with Gasteiger partial charge in [0.1, 0.15) is 12.2 Å². The van der Waals surface area contributed by atoms with Gasteiger partial charge in [0.25, 0.3) is 5.92 Å². The molecule has 0 spiro atoms. The van der Waals surface area contributed by atoms with Crippen LogP contribution >= 0.6 is 0 Å². The van der Waals surface area contributed by atoms with E-state index in [9.17, 15) is 8.78 Å². The third-order valence-corrected chi connectivity index (χ3v) is 2.57. The zero-order chi connectivity index (χ0) is 9.47. The molecule has 3 nitrogen and oxygen atoms in total. The van der Waals surface area contributed by atoms with E-state index in [2.05, 4.69) is 10.2 Å². The van der Waals surface area contributed by atoms with Gasteiger partial charge in [-0.25, -0.2) is 8.78 Å². The van der Waals surface area contributed by atoms with Crippen molar-refractivity contribution in [3.05, 3.63) is 12.2 Å². The Morgan fingerprint density at radius 3 is 2.85 bits per heavy atom. The van der Waals surface area contributed by atoms with Gasteiger partial charge < -0.3 is 4.57 Å². The van der Waals surface area contributed by atoms with Gasteiger partial charge in [0, 0.05) is 13.5 Å². The van der Waals surface area contributed by atoms with Crippen molar-refractivity contribution in [3.63, 3.8) is 0 Å². The van der Waals surface area contributed by atoms with E-state index in [1.54, 1.807) is 11.6 Å². The summed E-state index contributed by atoms with van der Waals surface area (Å²) in [5.74, 6) is -2.93. The highest BCUT2D eigenvalue weighted by Gasteiger charge is 2.46. The quantitative estimate of drug-likeness (QED) is 0.670. The molecule has 72 valence electrons. The summed E-state index contributed by atoms with van der Waals surface area (Å²) in [4.78, 5) is 0. The van der Waals surface area contributed by atoms with Crippen LogP contribution in [0.15, 0.2) is 6.33 Å². The Kier molecular flexibility index (Phi) is 1.82. The molecule has 1 aliphatic rings. The molecule has 0 bridgehead atoms. The molecule has 1 saturated carbocycles. The number of aryl methyl sites for hydroxylation is 1. The number of aromatic nitrogens is 3. The van der Waals surface area contributed by atoms with E-state index in [4.69, 9.17) is 0 Å². The normalized spacial score (nSPS) is 26.5. The van der Waals surface area contributed by atoms with Crippen LogP contribution in [0.5, 0.6) is 0 Å². The molecule has 0 saturated heterocycles. The van der Waals surface area contributed by atoms with E-state index in [0.717, 1.165) is 0 Å². The van der Waals surface area contributed by atoms with Crippen LogP contribution in [0.2, 0.25) is 0 Å². The molecule has 0 radical (unpaired) electrons. The second-order valence-corrected chi connectivity index (χ2v) is 3.51. The average molecular weight is 187 g/mol. The average Bonchev–Trinajstić information content (AvgIpc) is 2.56. The lowest BCUT2D eigenvalue weighted by atomic mass is 10.0. The van der Waals surface area contributed by atoms with Gasteiger partial charge in [0.15, 0.2) is 0 Å². The minimum Gasteiger partial charge on any atom is -0.320 e. The Hall–Kier alpha value is -1.00. The van der Waals surface area contributed by atoms with Crippen LogP contribution in [0.3, 0.4) is 0 Å². The Bertz CT molecular complexity index is 308. The highest BCUT2D eigenvalue weighted by Crippen LogP contribution is 2.45. The summed E-state index contributed by atoms with van der Waals surface area (Å²) < 4.78 is 28.1. The fourth-order valence-corrected chi connectivity index (χ4v) is 1.85. The van der Waals surface area contributed by atoms with E-state index < -0.39 is 11.8 Å². The zero-order valence-electron chi connectivity index (χ0n) is 7.37. The van der Waals surface area contributed by atoms with Gasteiger partial charge in [-0.1, -0.05) is 0 Å². The topological polar surface area (TPSA) is 30.7 Å². The minimum absolute atomic E-state index is 0.0233. The van der Waals surface area contributed by atoms with Crippen LogP contribution in [0.25, 0.3) is 0 Å². The van der Waals surface area contributed by atoms with Gasteiger partial charge in [0.2, 0.25) is 0 Å². The molecule has 13 heavy (non-hydrogen) atoms. The first-order valence-electron chi connectivity index (χ1n) is 4.33. The van der Waals surface area contributed by atoms with E-state index in [1.807, 2.05) is 0 Å². The molecule has 0 amide bonds. The molecular formula is C8H11F2N3. The van der Waals surface area contributed by atoms with Crippen LogP contribution in [0.1, 0.15) is 31.0 Å². The fourth-order valence-electron chi connectivity index (χ4n) is 1.85. The predicted molar refractivity (Wildman–Crippen MR) is 42.5 cm³/mol. The molecular weight excluding hydrogens is 176 g/mol. The number of halogens is 2. The van der Waals surface area contributed by atoms with Gasteiger partial charge in [0.05, 0.1) is 5.92 Å². The van der Waals surface area contributed by atoms with E-state index >= 15 is 0 Å². The van der Waals surface area contributed by atoms with E-state index in [0.29, 0.717) is 18.7 Å². The largest absolute Gasteiger partial charge is 0.320 e. The molecule has 5 heteroatoms. The lowest BCUT2D eigenvalue weighted by Crippen LogP contribution is -2.22. The van der Waals surface area contributed by atoms with Crippen molar-refractivity contribution in [2.45, 2.75) is 31.1 Å². The first-order chi connectivity index (χ1) is 6.11. The summed E-state index contributed by atoms with van der Waals surface area (Å²) in [6, 6.07) is 0. The number of hydrogen-bond acceptors (Lipinski definition) is 2. The predicted octanol–water partition coefficient (Wildman–Crippen LogP) is 1.72. The smallest absolute Gasteiger partial charge is 0.257 e. The van der Waals surface area contributed by atoms with Gasteiger partial charge in [-0.05, 0) is 12.8 Å². The summed E-state index contributed by atoms with van der Waals surface area (Å²) >= 11 is 0. The zero-order valence-corrected chi connectivity index (χ0v) is 7.37. The number of rotatable bonds is 1. The van der Waals surface area contributed by atoms with E-state index in [1.165, 1.54) is 6.33 Å². The maximum atomic E-state index is 13.3. The standard InChI is InChI=1S/C8H11F2N3/c1-13-5-11-12-7(13)6-3-2-4-8(6,9)10/h5-6H,2-4H2,1H3. The van der Waals surface area contributed by atoms with E-state index in [-0.39, 0.29) is 6.42 Å². The van der Waals surface area contributed by atoms with Crippen molar-refractivity contribution in [2.75, 3.05) is 0 Å². The van der Waals surface area contributed by atoms with Crippen molar-refractivity contribution in [1.82, 2.24) is 14.8 Å². The molecule has 1 aromatic heterocycles. The summed E-state index contributed by atoms with van der Waals surface area (Å²) in [7, 11) is 1.70. The van der Waals surface area contributed by atoms with Crippen molar-refractivity contribution in [1.29, 1.82) is 0 Å². The lowest BCUT2D eigenvalue weighted by molar-refractivity contribution is -0.0120. The van der Waals surface area contributed by atoms with Crippen molar-refractivity contribution in [2.24, 2.45) is 7.05 Å². The molecule has 1 unspecified atom stereocenters. The van der Waals surface area contributed by atoms with Crippen LogP contribution in [-0.2, 0) is 7.05 Å². The SMILES string of the molecule is Cn1cnnc1C1CCCC1(F)F. The van der Waals surface area contributed by atoms with Crippen molar-refractivity contribution in [3.8, 4) is 0 Å². The summed E-state index contributed by atoms with van der Waals surface area (Å²) in [5, 5.41) is 7.34. The highest BCUT2D eigenvalue weighted by atomic mass is 19.3. The van der Waals surface area contributed by atoms with Crippen LogP contribution < -0.4 is 0 Å². The van der Waals surface area contributed by atoms with Crippen LogP contribution in [0.4, 0.5) is 8.78 Å². The first-order valence-corrected chi connectivity index (χ1v) is 4.33. The number of nitrogens with zero attached hydrogens (tertiary/aromatic N) is 3. The minimum atomic E-state index is -2.60. The van der Waals surface area contributed by atoms with Gasteiger partial charge >= 0.3 is 0 Å². The monoisotopic (exact) mass is 187 g/mol. The number of alkyl halides is 2. The molecule has 1 aliphatic carbocycles. The van der Waals surface area contributed by atoms with Crippen molar-refractivity contribution >= 4 is 0 Å². The number of hydrogen-bond donors (Lipinski definition) is 0. The second kappa shape index (κ2) is 2.75. The molecule has 1 fully saturated rings. The Morgan fingerprint density at radius 1 is 1.62 bits per heavy atom. The first kappa shape index (κ1) is 8.59. The van der Waals surface area contributed by atoms with Gasteiger partial charge in [-0.3, -0.25) is 0 Å². The maximum Gasteiger partial charge on any atom is 0.257 e. The molecule has 1 heterocycles. The molecule has 2 rings (SSSR count). The Labute approximate surface area is 74.8 Å². The molecule has 0 N–H and O–H groups in total. The molecule has 1 atom stereocenters. The maximum absolute atomic E-state index is 13.3. The molecule has 1 aromatic rings. The Balaban J connectivity index is 2.31. The summed E-state index contributed by atoms with van der Waals surface area (Å²) in [6.45, 7) is 0. The van der Waals surface area contributed by atoms with Gasteiger partial charge in [-0.2, -0.15) is 0 Å². The lowest BCUT2D eigenvalue weighted by Gasteiger charge is -2.17. The van der Waals surface area contributed by atoms with Crippen LogP contribution in [0, 0.1) is 0 Å². The fraction of sp³-hybridized carbons (Fsp3) is 0.750. The van der Waals surface area contributed by atoms with Crippen LogP contribution in [-0.4, -0.2) is 20.7 Å². The third kappa shape index (κ3) is 1.32. The van der Waals surface area contributed by atoms with Gasteiger partial charge in [-0.15, -0.1) is 10.2 Å². The molecule has 0 aromatic carbocycles. The Morgan fingerprint density at radius 2 is 2.38 bits per heavy atom. The van der Waals surface area contributed by atoms with Crippen molar-refractivity contribution < 1.29 is 8.78 Å². The third-order valence-electron chi connectivity index (χ3n) is 2.57. The second-order valence-electron chi connectivity index (χ2n) is 3.51. The molecule has 0 aliphatic heterocycles.